The standard InChI is InChI=1S/C19H23N5O3/c1-27-17-5-3-2-4-16(17)23-7-6-14(12-23)22-19(26)13-8-18(25)24(11-13)15-9-20-21-10-15/h2-5,9-10,13-14H,6-8,11-12H2,1H3,(H,20,21)(H,22,26). The Morgan fingerprint density at radius 2 is 2.19 bits per heavy atom. The van der Waals surface area contributed by atoms with E-state index in [-0.39, 0.29) is 30.2 Å². The van der Waals surface area contributed by atoms with Gasteiger partial charge in [-0.05, 0) is 18.6 Å². The van der Waals surface area contributed by atoms with Crippen molar-refractivity contribution in [3.05, 3.63) is 36.7 Å². The molecule has 3 heterocycles. The topological polar surface area (TPSA) is 90.6 Å². The van der Waals surface area contributed by atoms with Gasteiger partial charge in [-0.3, -0.25) is 14.7 Å². The maximum absolute atomic E-state index is 12.7. The number of anilines is 2. The van der Waals surface area contributed by atoms with E-state index in [1.807, 2.05) is 24.3 Å². The highest BCUT2D eigenvalue weighted by Gasteiger charge is 2.37. The molecule has 2 fully saturated rings. The number of nitrogens with one attached hydrogen (secondary N) is 2. The predicted octanol–water partition coefficient (Wildman–Crippen LogP) is 1.17. The van der Waals surface area contributed by atoms with E-state index in [1.54, 1.807) is 24.4 Å². The van der Waals surface area contributed by atoms with Crippen LogP contribution in [0.25, 0.3) is 0 Å². The third-order valence-corrected chi connectivity index (χ3v) is 5.25. The fraction of sp³-hybridized carbons (Fsp3) is 0.421. The summed E-state index contributed by atoms with van der Waals surface area (Å²) in [5.41, 5.74) is 1.75. The van der Waals surface area contributed by atoms with Crippen LogP contribution in [0, 0.1) is 5.92 Å². The van der Waals surface area contributed by atoms with Crippen molar-refractivity contribution in [1.82, 2.24) is 15.5 Å². The van der Waals surface area contributed by atoms with Gasteiger partial charge in [0.2, 0.25) is 11.8 Å². The molecular weight excluding hydrogens is 346 g/mol. The molecule has 0 saturated carbocycles. The minimum atomic E-state index is -0.326. The number of amides is 2. The molecule has 0 spiro atoms. The van der Waals surface area contributed by atoms with Gasteiger partial charge in [0.25, 0.3) is 0 Å². The Labute approximate surface area is 157 Å². The molecular formula is C19H23N5O3. The number of hydrogen-bond donors (Lipinski definition) is 2. The Bertz CT molecular complexity index is 823. The van der Waals surface area contributed by atoms with Crippen molar-refractivity contribution in [2.24, 2.45) is 5.92 Å². The molecule has 8 heteroatoms. The zero-order valence-electron chi connectivity index (χ0n) is 15.2. The highest BCUT2D eigenvalue weighted by Crippen LogP contribution is 2.30. The van der Waals surface area contributed by atoms with Gasteiger partial charge in [0.05, 0.1) is 30.6 Å². The first-order valence-electron chi connectivity index (χ1n) is 9.13. The number of ether oxygens (including phenoxy) is 1. The van der Waals surface area contributed by atoms with E-state index in [2.05, 4.69) is 20.4 Å². The minimum absolute atomic E-state index is 0.0429. The van der Waals surface area contributed by atoms with Crippen LogP contribution in [-0.2, 0) is 9.59 Å². The van der Waals surface area contributed by atoms with Crippen LogP contribution in [-0.4, -0.2) is 54.8 Å². The van der Waals surface area contributed by atoms with E-state index in [0.29, 0.717) is 12.2 Å². The molecule has 0 bridgehead atoms. The van der Waals surface area contributed by atoms with Gasteiger partial charge in [0.1, 0.15) is 5.75 Å². The van der Waals surface area contributed by atoms with Gasteiger partial charge in [-0.15, -0.1) is 0 Å². The molecule has 2 aliphatic heterocycles. The monoisotopic (exact) mass is 369 g/mol. The van der Waals surface area contributed by atoms with Crippen LogP contribution in [0.1, 0.15) is 12.8 Å². The van der Waals surface area contributed by atoms with Gasteiger partial charge in [-0.2, -0.15) is 5.10 Å². The lowest BCUT2D eigenvalue weighted by Gasteiger charge is -2.22. The summed E-state index contributed by atoms with van der Waals surface area (Å²) in [5, 5.41) is 9.69. The number of carbonyl (C=O) groups excluding carboxylic acids is 2. The first kappa shape index (κ1) is 17.4. The SMILES string of the molecule is COc1ccccc1N1CCC(NC(=O)C2CC(=O)N(c3cn[nH]c3)C2)C1. The highest BCUT2D eigenvalue weighted by molar-refractivity contribution is 6.00. The van der Waals surface area contributed by atoms with E-state index in [0.717, 1.165) is 30.9 Å². The molecule has 1 aromatic heterocycles. The molecule has 4 rings (SSSR count). The largest absolute Gasteiger partial charge is 0.495 e. The fourth-order valence-electron chi connectivity index (χ4n) is 3.83. The Hall–Kier alpha value is -3.03. The van der Waals surface area contributed by atoms with Crippen molar-refractivity contribution in [3.8, 4) is 5.75 Å². The van der Waals surface area contributed by atoms with Crippen molar-refractivity contribution in [3.63, 3.8) is 0 Å². The van der Waals surface area contributed by atoms with Gasteiger partial charge >= 0.3 is 0 Å². The molecule has 8 nitrogen and oxygen atoms in total. The molecule has 2 N–H and O–H groups in total. The van der Waals surface area contributed by atoms with E-state index < -0.39 is 0 Å². The second-order valence-electron chi connectivity index (χ2n) is 6.97. The van der Waals surface area contributed by atoms with E-state index in [1.165, 1.54) is 0 Å². The van der Waals surface area contributed by atoms with Gasteiger partial charge in [-0.1, -0.05) is 12.1 Å². The van der Waals surface area contributed by atoms with Crippen LogP contribution >= 0.6 is 0 Å². The minimum Gasteiger partial charge on any atom is -0.495 e. The molecule has 2 aromatic rings. The molecule has 2 unspecified atom stereocenters. The molecule has 2 amide bonds. The summed E-state index contributed by atoms with van der Waals surface area (Å²) in [7, 11) is 1.66. The summed E-state index contributed by atoms with van der Waals surface area (Å²) in [6.07, 6.45) is 4.37. The third kappa shape index (κ3) is 3.47. The number of H-pyrrole nitrogens is 1. The average molecular weight is 369 g/mol. The van der Waals surface area contributed by atoms with Gasteiger partial charge in [-0.25, -0.2) is 0 Å². The lowest BCUT2D eigenvalue weighted by molar-refractivity contribution is -0.126. The fourth-order valence-corrected chi connectivity index (χ4v) is 3.83. The molecule has 2 atom stereocenters. The number of rotatable bonds is 5. The number of aromatic nitrogens is 2. The van der Waals surface area contributed by atoms with Gasteiger partial charge < -0.3 is 19.9 Å². The maximum Gasteiger partial charge on any atom is 0.227 e. The van der Waals surface area contributed by atoms with E-state index in [4.69, 9.17) is 4.74 Å². The van der Waals surface area contributed by atoms with Crippen LogP contribution in [0.2, 0.25) is 0 Å². The summed E-state index contributed by atoms with van der Waals surface area (Å²) in [6, 6.07) is 7.97. The number of aromatic amines is 1. The number of carbonyl (C=O) groups is 2. The number of methoxy groups -OCH3 is 1. The second-order valence-corrected chi connectivity index (χ2v) is 6.97. The second kappa shape index (κ2) is 7.30. The molecule has 2 aliphatic rings. The molecule has 0 radical (unpaired) electrons. The zero-order valence-corrected chi connectivity index (χ0v) is 15.2. The van der Waals surface area contributed by atoms with Crippen LogP contribution in [0.5, 0.6) is 5.75 Å². The van der Waals surface area contributed by atoms with Crippen LogP contribution in [0.3, 0.4) is 0 Å². The van der Waals surface area contributed by atoms with Gasteiger partial charge in [0.15, 0.2) is 0 Å². The van der Waals surface area contributed by atoms with Crippen molar-refractivity contribution < 1.29 is 14.3 Å². The quantitative estimate of drug-likeness (QED) is 0.826. The zero-order chi connectivity index (χ0) is 18.8. The number of hydrogen-bond acceptors (Lipinski definition) is 5. The normalized spacial score (nSPS) is 22.3. The summed E-state index contributed by atoms with van der Waals surface area (Å²) in [4.78, 5) is 28.7. The Morgan fingerprint density at radius 3 is 2.96 bits per heavy atom. The Morgan fingerprint density at radius 1 is 1.33 bits per heavy atom. The molecule has 1 aromatic carbocycles. The first-order valence-corrected chi connectivity index (χ1v) is 9.13. The summed E-state index contributed by atoms with van der Waals surface area (Å²) >= 11 is 0. The summed E-state index contributed by atoms with van der Waals surface area (Å²) in [5.74, 6) is 0.411. The van der Waals surface area contributed by atoms with E-state index in [9.17, 15) is 9.59 Å². The van der Waals surface area contributed by atoms with Crippen molar-refractivity contribution in [2.75, 3.05) is 36.5 Å². The lowest BCUT2D eigenvalue weighted by atomic mass is 10.1. The van der Waals surface area contributed by atoms with E-state index >= 15 is 0 Å². The van der Waals surface area contributed by atoms with Gasteiger partial charge in [0, 0.05) is 38.3 Å². The van der Waals surface area contributed by atoms with Crippen molar-refractivity contribution >= 4 is 23.2 Å². The maximum atomic E-state index is 12.7. The van der Waals surface area contributed by atoms with Crippen LogP contribution in [0.4, 0.5) is 11.4 Å². The lowest BCUT2D eigenvalue weighted by Crippen LogP contribution is -2.41. The van der Waals surface area contributed by atoms with Crippen LogP contribution in [0.15, 0.2) is 36.7 Å². The first-order chi connectivity index (χ1) is 13.2. The van der Waals surface area contributed by atoms with Crippen molar-refractivity contribution in [1.29, 1.82) is 0 Å². The molecule has 27 heavy (non-hydrogen) atoms. The van der Waals surface area contributed by atoms with Crippen LogP contribution < -0.4 is 19.9 Å². The number of para-hydroxylation sites is 2. The van der Waals surface area contributed by atoms with Crippen molar-refractivity contribution in [2.45, 2.75) is 18.9 Å². The Kier molecular flexibility index (Phi) is 4.70. The number of benzene rings is 1. The summed E-state index contributed by atoms with van der Waals surface area (Å²) in [6.45, 7) is 1.99. The molecule has 142 valence electrons. The predicted molar refractivity (Wildman–Crippen MR) is 101 cm³/mol. The third-order valence-electron chi connectivity index (χ3n) is 5.25. The molecule has 0 aliphatic carbocycles. The Balaban J connectivity index is 1.35. The highest BCUT2D eigenvalue weighted by atomic mass is 16.5. The number of nitrogens with zero attached hydrogens (tertiary/aromatic N) is 3. The average Bonchev–Trinajstić information content (AvgIpc) is 3.42. The smallest absolute Gasteiger partial charge is 0.227 e. The summed E-state index contributed by atoms with van der Waals surface area (Å²) < 4.78 is 5.43. The molecule has 2 saturated heterocycles.